The Hall–Kier alpha value is -2.23. The number of hydrogen-bond acceptors (Lipinski definition) is 4. The maximum absolute atomic E-state index is 12.2. The predicted octanol–water partition coefficient (Wildman–Crippen LogP) is 4.23. The zero-order valence-electron chi connectivity index (χ0n) is 12.6. The number of sulfonamides is 1. The van der Waals surface area contributed by atoms with E-state index in [9.17, 15) is 8.42 Å². The molecule has 0 bridgehead atoms. The summed E-state index contributed by atoms with van der Waals surface area (Å²) in [6.07, 6.45) is 2.22. The first-order valence-corrected chi connectivity index (χ1v) is 9.35. The summed E-state index contributed by atoms with van der Waals surface area (Å²) >= 11 is 1.05. The SMILES string of the molecule is CCc1cc(SC#N)ccc1NS(=O)(=O)/C=C/c1ccccc1. The highest BCUT2D eigenvalue weighted by Crippen LogP contribution is 2.25. The van der Waals surface area contributed by atoms with Crippen LogP contribution in [0.15, 0.2) is 58.8 Å². The Balaban J connectivity index is 2.20. The van der Waals surface area contributed by atoms with E-state index in [0.717, 1.165) is 33.2 Å². The van der Waals surface area contributed by atoms with Crippen molar-refractivity contribution in [2.24, 2.45) is 0 Å². The minimum Gasteiger partial charge on any atom is -0.280 e. The summed E-state index contributed by atoms with van der Waals surface area (Å²) in [6.45, 7) is 1.94. The van der Waals surface area contributed by atoms with Gasteiger partial charge in [0.25, 0.3) is 10.0 Å². The standard InChI is InChI=1S/C17H16N2O2S2/c1-2-15-12-16(22-13-18)8-9-17(15)19-23(20,21)11-10-14-6-4-3-5-7-14/h3-12,19H,2H2,1H3/b11-10+. The second-order valence-electron chi connectivity index (χ2n) is 4.73. The fourth-order valence-electron chi connectivity index (χ4n) is 2.00. The van der Waals surface area contributed by atoms with Crippen molar-refractivity contribution >= 4 is 33.5 Å². The highest BCUT2D eigenvalue weighted by atomic mass is 32.2. The quantitative estimate of drug-likeness (QED) is 0.629. The minimum absolute atomic E-state index is 0.535. The molecule has 0 aromatic heterocycles. The van der Waals surface area contributed by atoms with Crippen molar-refractivity contribution in [3.8, 4) is 5.40 Å². The van der Waals surface area contributed by atoms with Gasteiger partial charge in [0.2, 0.25) is 0 Å². The normalized spacial score (nSPS) is 11.3. The number of thiocyanates is 1. The third kappa shape index (κ3) is 5.16. The van der Waals surface area contributed by atoms with Gasteiger partial charge in [-0.3, -0.25) is 4.72 Å². The molecular weight excluding hydrogens is 328 g/mol. The number of benzene rings is 2. The third-order valence-corrected chi connectivity index (χ3v) is 4.69. The van der Waals surface area contributed by atoms with Crippen LogP contribution in [0.4, 0.5) is 5.69 Å². The van der Waals surface area contributed by atoms with Gasteiger partial charge in [-0.1, -0.05) is 37.3 Å². The zero-order valence-corrected chi connectivity index (χ0v) is 14.2. The molecule has 0 atom stereocenters. The van der Waals surface area contributed by atoms with Crippen LogP contribution in [0.1, 0.15) is 18.1 Å². The van der Waals surface area contributed by atoms with Crippen molar-refractivity contribution in [3.05, 3.63) is 65.1 Å². The Labute approximate surface area is 140 Å². The molecule has 118 valence electrons. The van der Waals surface area contributed by atoms with Crippen molar-refractivity contribution < 1.29 is 8.42 Å². The lowest BCUT2D eigenvalue weighted by molar-refractivity contribution is 0.609. The summed E-state index contributed by atoms with van der Waals surface area (Å²) in [4.78, 5) is 0.798. The third-order valence-electron chi connectivity index (χ3n) is 3.11. The molecule has 1 N–H and O–H groups in total. The Morgan fingerprint density at radius 1 is 1.22 bits per heavy atom. The molecule has 0 aliphatic heterocycles. The molecule has 0 saturated heterocycles. The number of rotatable bonds is 6. The average Bonchev–Trinajstić information content (AvgIpc) is 2.55. The van der Waals surface area contributed by atoms with Gasteiger partial charge < -0.3 is 0 Å². The van der Waals surface area contributed by atoms with Crippen molar-refractivity contribution in [2.75, 3.05) is 4.72 Å². The monoisotopic (exact) mass is 344 g/mol. The van der Waals surface area contributed by atoms with Crippen LogP contribution in [0, 0.1) is 10.7 Å². The predicted molar refractivity (Wildman–Crippen MR) is 95.3 cm³/mol. The van der Waals surface area contributed by atoms with Crippen molar-refractivity contribution in [3.63, 3.8) is 0 Å². The first kappa shape index (κ1) is 17.1. The van der Waals surface area contributed by atoms with E-state index in [4.69, 9.17) is 5.26 Å². The van der Waals surface area contributed by atoms with Gasteiger partial charge in [-0.2, -0.15) is 5.26 Å². The first-order valence-electron chi connectivity index (χ1n) is 6.99. The van der Waals surface area contributed by atoms with Crippen LogP contribution in [0.25, 0.3) is 6.08 Å². The van der Waals surface area contributed by atoms with Gasteiger partial charge >= 0.3 is 0 Å². The molecule has 0 aliphatic carbocycles. The minimum atomic E-state index is -3.59. The van der Waals surface area contributed by atoms with Gasteiger partial charge in [0.05, 0.1) is 11.1 Å². The second kappa shape index (κ2) is 7.86. The van der Waals surface area contributed by atoms with E-state index in [1.54, 1.807) is 18.2 Å². The summed E-state index contributed by atoms with van der Waals surface area (Å²) in [5.41, 5.74) is 2.20. The average molecular weight is 344 g/mol. The van der Waals surface area contributed by atoms with Gasteiger partial charge in [-0.25, -0.2) is 8.42 Å². The number of nitrogens with zero attached hydrogens (tertiary/aromatic N) is 1. The molecule has 23 heavy (non-hydrogen) atoms. The fourth-order valence-corrected chi connectivity index (χ4v) is 3.35. The summed E-state index contributed by atoms with van der Waals surface area (Å²) < 4.78 is 27.0. The molecule has 0 spiro atoms. The summed E-state index contributed by atoms with van der Waals surface area (Å²) in [6, 6.07) is 14.5. The number of anilines is 1. The van der Waals surface area contributed by atoms with E-state index >= 15 is 0 Å². The molecule has 0 heterocycles. The molecule has 0 radical (unpaired) electrons. The molecule has 6 heteroatoms. The molecule has 0 amide bonds. The molecule has 2 aromatic rings. The van der Waals surface area contributed by atoms with Crippen LogP contribution in [0.2, 0.25) is 0 Å². The Kier molecular flexibility index (Phi) is 5.85. The van der Waals surface area contributed by atoms with E-state index in [1.165, 1.54) is 0 Å². The maximum atomic E-state index is 12.2. The smallest absolute Gasteiger partial charge is 0.255 e. The van der Waals surface area contributed by atoms with Crippen molar-refractivity contribution in [1.82, 2.24) is 0 Å². The Bertz CT molecular complexity index is 839. The summed E-state index contributed by atoms with van der Waals surface area (Å²) in [5.74, 6) is 0. The van der Waals surface area contributed by atoms with E-state index in [1.807, 2.05) is 48.7 Å². The lowest BCUT2D eigenvalue weighted by atomic mass is 10.1. The Morgan fingerprint density at radius 2 is 1.96 bits per heavy atom. The molecule has 0 aliphatic rings. The Morgan fingerprint density at radius 3 is 2.61 bits per heavy atom. The summed E-state index contributed by atoms with van der Waals surface area (Å²) in [5, 5.41) is 11.9. The lowest BCUT2D eigenvalue weighted by Crippen LogP contribution is -2.10. The number of aryl methyl sites for hydroxylation is 1. The van der Waals surface area contributed by atoms with E-state index in [0.29, 0.717) is 12.1 Å². The van der Waals surface area contributed by atoms with Crippen molar-refractivity contribution in [2.45, 2.75) is 18.2 Å². The number of nitriles is 1. The van der Waals surface area contributed by atoms with Gasteiger partial charge in [0.1, 0.15) is 5.40 Å². The largest absolute Gasteiger partial charge is 0.280 e. The number of thioether (sulfide) groups is 1. The second-order valence-corrected chi connectivity index (χ2v) is 7.15. The van der Waals surface area contributed by atoms with Crippen LogP contribution in [0.5, 0.6) is 0 Å². The zero-order chi connectivity index (χ0) is 16.7. The van der Waals surface area contributed by atoms with Gasteiger partial charge in [-0.05, 0) is 53.6 Å². The van der Waals surface area contributed by atoms with Gasteiger partial charge in [0.15, 0.2) is 0 Å². The molecule has 4 nitrogen and oxygen atoms in total. The molecule has 2 aromatic carbocycles. The van der Waals surface area contributed by atoms with Crippen LogP contribution in [-0.4, -0.2) is 8.42 Å². The van der Waals surface area contributed by atoms with E-state index in [2.05, 4.69) is 4.72 Å². The van der Waals surface area contributed by atoms with Crippen LogP contribution in [0.3, 0.4) is 0 Å². The van der Waals surface area contributed by atoms with Crippen LogP contribution >= 0.6 is 11.8 Å². The lowest BCUT2D eigenvalue weighted by Gasteiger charge is -2.10. The highest BCUT2D eigenvalue weighted by molar-refractivity contribution is 8.03. The van der Waals surface area contributed by atoms with Gasteiger partial charge in [-0.15, -0.1) is 0 Å². The number of hydrogen-bond donors (Lipinski definition) is 1. The topological polar surface area (TPSA) is 70.0 Å². The molecule has 0 fully saturated rings. The van der Waals surface area contributed by atoms with Gasteiger partial charge in [0, 0.05) is 4.90 Å². The molecular formula is C17H16N2O2S2. The number of nitrogens with one attached hydrogen (secondary N) is 1. The highest BCUT2D eigenvalue weighted by Gasteiger charge is 2.10. The van der Waals surface area contributed by atoms with Crippen LogP contribution < -0.4 is 4.72 Å². The summed E-state index contributed by atoms with van der Waals surface area (Å²) in [7, 11) is -3.59. The molecule has 2 rings (SSSR count). The van der Waals surface area contributed by atoms with Crippen LogP contribution in [-0.2, 0) is 16.4 Å². The first-order chi connectivity index (χ1) is 11.0. The fraction of sp³-hybridized carbons (Fsp3) is 0.118. The molecule has 0 saturated carbocycles. The maximum Gasteiger partial charge on any atom is 0.255 e. The van der Waals surface area contributed by atoms with E-state index in [-0.39, 0.29) is 0 Å². The van der Waals surface area contributed by atoms with Crippen molar-refractivity contribution in [1.29, 1.82) is 5.26 Å². The molecule has 0 unspecified atom stereocenters. The van der Waals surface area contributed by atoms with E-state index < -0.39 is 10.0 Å².